The normalized spacial score (nSPS) is 18.9. The Morgan fingerprint density at radius 1 is 1.47 bits per heavy atom. The molecule has 1 aliphatic heterocycles. The second-order valence-corrected chi connectivity index (χ2v) is 6.03. The number of carbonyl (C=O) groups is 1. The molecule has 1 aromatic rings. The minimum atomic E-state index is 0.173. The van der Waals surface area contributed by atoms with Gasteiger partial charge in [-0.1, -0.05) is 32.0 Å². The van der Waals surface area contributed by atoms with Crippen molar-refractivity contribution in [1.29, 1.82) is 0 Å². The molecule has 1 unspecified atom stereocenters. The van der Waals surface area contributed by atoms with Crippen LogP contribution in [0.15, 0.2) is 29.2 Å². The number of hydrogen-bond donors (Lipinski definition) is 1. The van der Waals surface area contributed by atoms with E-state index in [0.29, 0.717) is 12.3 Å². The summed E-state index contributed by atoms with van der Waals surface area (Å²) in [6, 6.07) is 8.58. The lowest BCUT2D eigenvalue weighted by Crippen LogP contribution is -2.31. The van der Waals surface area contributed by atoms with Crippen LogP contribution in [0, 0.1) is 5.92 Å². The molecular formula is C14H19NOS. The second kappa shape index (κ2) is 5.58. The Bertz CT molecular complexity index is 403. The summed E-state index contributed by atoms with van der Waals surface area (Å²) in [5.41, 5.74) is 1.28. The molecule has 1 heterocycles. The van der Waals surface area contributed by atoms with Crippen molar-refractivity contribution in [3.05, 3.63) is 29.8 Å². The maximum Gasteiger partial charge on any atom is 0.220 e. The fraction of sp³-hybridized carbons (Fsp3) is 0.500. The highest BCUT2D eigenvalue weighted by Gasteiger charge is 2.21. The van der Waals surface area contributed by atoms with Gasteiger partial charge in [-0.25, -0.2) is 0 Å². The van der Waals surface area contributed by atoms with Gasteiger partial charge in [-0.2, -0.15) is 0 Å². The molecule has 1 aliphatic rings. The van der Waals surface area contributed by atoms with Crippen molar-refractivity contribution in [2.24, 2.45) is 5.92 Å². The van der Waals surface area contributed by atoms with E-state index in [1.165, 1.54) is 10.5 Å². The van der Waals surface area contributed by atoms with Crippen molar-refractivity contribution in [3.8, 4) is 0 Å². The highest BCUT2D eigenvalue weighted by molar-refractivity contribution is 7.99. The summed E-state index contributed by atoms with van der Waals surface area (Å²) < 4.78 is 0. The van der Waals surface area contributed by atoms with Crippen LogP contribution in [0.5, 0.6) is 0 Å². The van der Waals surface area contributed by atoms with E-state index in [-0.39, 0.29) is 11.9 Å². The first-order chi connectivity index (χ1) is 8.16. The van der Waals surface area contributed by atoms with E-state index in [1.54, 1.807) is 0 Å². The quantitative estimate of drug-likeness (QED) is 0.889. The first-order valence-corrected chi connectivity index (χ1v) is 7.16. The Hall–Kier alpha value is -0.960. The van der Waals surface area contributed by atoms with Crippen LogP contribution >= 0.6 is 11.8 Å². The Balaban J connectivity index is 2.06. The zero-order valence-electron chi connectivity index (χ0n) is 10.4. The topological polar surface area (TPSA) is 29.1 Å². The molecule has 17 heavy (non-hydrogen) atoms. The number of benzene rings is 1. The molecule has 0 radical (unpaired) electrons. The molecular weight excluding hydrogens is 230 g/mol. The number of nitrogens with one attached hydrogen (secondary N) is 1. The van der Waals surface area contributed by atoms with Crippen LogP contribution in [-0.4, -0.2) is 11.7 Å². The molecule has 0 bridgehead atoms. The van der Waals surface area contributed by atoms with Crippen LogP contribution in [0.4, 0.5) is 0 Å². The summed E-state index contributed by atoms with van der Waals surface area (Å²) in [5, 5.41) is 3.15. The Labute approximate surface area is 107 Å². The van der Waals surface area contributed by atoms with Crippen molar-refractivity contribution in [2.45, 2.75) is 37.6 Å². The fourth-order valence-corrected chi connectivity index (χ4v) is 3.24. The zero-order valence-corrected chi connectivity index (χ0v) is 11.2. The summed E-state index contributed by atoms with van der Waals surface area (Å²) in [4.78, 5) is 13.1. The smallest absolute Gasteiger partial charge is 0.220 e. The molecule has 1 amide bonds. The molecule has 0 fully saturated rings. The van der Waals surface area contributed by atoms with Crippen LogP contribution in [0.3, 0.4) is 0 Å². The Kier molecular flexibility index (Phi) is 4.11. The van der Waals surface area contributed by atoms with Crippen molar-refractivity contribution in [3.63, 3.8) is 0 Å². The van der Waals surface area contributed by atoms with E-state index in [9.17, 15) is 4.79 Å². The first kappa shape index (κ1) is 12.5. The number of rotatable bonds is 3. The SMILES string of the molecule is CC(C)CC(=O)NC1CCSc2ccccc21. The minimum absolute atomic E-state index is 0.173. The van der Waals surface area contributed by atoms with Crippen LogP contribution in [0.2, 0.25) is 0 Å². The van der Waals surface area contributed by atoms with E-state index in [4.69, 9.17) is 0 Å². The molecule has 2 nitrogen and oxygen atoms in total. The Morgan fingerprint density at radius 2 is 2.24 bits per heavy atom. The lowest BCUT2D eigenvalue weighted by atomic mass is 10.0. The molecule has 2 rings (SSSR count). The van der Waals surface area contributed by atoms with Crippen LogP contribution in [0.1, 0.15) is 38.3 Å². The van der Waals surface area contributed by atoms with Gasteiger partial charge in [-0.15, -0.1) is 11.8 Å². The summed E-state index contributed by atoms with van der Waals surface area (Å²) in [6.45, 7) is 4.15. The summed E-state index contributed by atoms with van der Waals surface area (Å²) in [7, 11) is 0. The highest BCUT2D eigenvalue weighted by atomic mass is 32.2. The van der Waals surface area contributed by atoms with Gasteiger partial charge in [0.25, 0.3) is 0 Å². The third-order valence-corrected chi connectivity index (χ3v) is 4.01. The standard InChI is InChI=1S/C14H19NOS/c1-10(2)9-14(16)15-12-7-8-17-13-6-4-3-5-11(12)13/h3-6,10,12H,7-9H2,1-2H3,(H,15,16). The average Bonchev–Trinajstić information content (AvgIpc) is 2.28. The Morgan fingerprint density at radius 3 is 3.00 bits per heavy atom. The second-order valence-electron chi connectivity index (χ2n) is 4.89. The third-order valence-electron chi connectivity index (χ3n) is 2.89. The average molecular weight is 249 g/mol. The van der Waals surface area contributed by atoms with E-state index in [2.05, 4.69) is 37.4 Å². The van der Waals surface area contributed by atoms with E-state index < -0.39 is 0 Å². The van der Waals surface area contributed by atoms with Gasteiger partial charge in [0.05, 0.1) is 6.04 Å². The fourth-order valence-electron chi connectivity index (χ4n) is 2.12. The summed E-state index contributed by atoms with van der Waals surface area (Å²) in [5.74, 6) is 1.68. The van der Waals surface area contributed by atoms with Crippen molar-refractivity contribution < 1.29 is 4.79 Å². The molecule has 0 saturated heterocycles. The van der Waals surface area contributed by atoms with Crippen LogP contribution in [0.25, 0.3) is 0 Å². The molecule has 3 heteroatoms. The number of amides is 1. The van der Waals surface area contributed by atoms with Gasteiger partial charge >= 0.3 is 0 Å². The van der Waals surface area contributed by atoms with Gasteiger partial charge < -0.3 is 5.32 Å². The molecule has 0 spiro atoms. The molecule has 0 aromatic heterocycles. The van der Waals surface area contributed by atoms with Gasteiger partial charge in [0.1, 0.15) is 0 Å². The predicted octanol–water partition coefficient (Wildman–Crippen LogP) is 3.39. The maximum atomic E-state index is 11.8. The van der Waals surface area contributed by atoms with Crippen molar-refractivity contribution in [1.82, 2.24) is 5.32 Å². The van der Waals surface area contributed by atoms with Crippen molar-refractivity contribution in [2.75, 3.05) is 5.75 Å². The maximum absolute atomic E-state index is 11.8. The summed E-state index contributed by atoms with van der Waals surface area (Å²) in [6.07, 6.45) is 1.65. The zero-order chi connectivity index (χ0) is 12.3. The lowest BCUT2D eigenvalue weighted by Gasteiger charge is -2.26. The first-order valence-electron chi connectivity index (χ1n) is 6.18. The van der Waals surface area contributed by atoms with Gasteiger partial charge in [0, 0.05) is 17.1 Å². The van der Waals surface area contributed by atoms with Gasteiger partial charge in [-0.05, 0) is 24.0 Å². The van der Waals surface area contributed by atoms with Gasteiger partial charge in [0.15, 0.2) is 0 Å². The van der Waals surface area contributed by atoms with Gasteiger partial charge in [0.2, 0.25) is 5.91 Å². The third kappa shape index (κ3) is 3.25. The van der Waals surface area contributed by atoms with Crippen LogP contribution in [-0.2, 0) is 4.79 Å². The lowest BCUT2D eigenvalue weighted by molar-refractivity contribution is -0.122. The predicted molar refractivity (Wildman–Crippen MR) is 72.1 cm³/mol. The highest BCUT2D eigenvalue weighted by Crippen LogP contribution is 2.35. The molecule has 1 N–H and O–H groups in total. The van der Waals surface area contributed by atoms with Crippen LogP contribution < -0.4 is 5.32 Å². The van der Waals surface area contributed by atoms with Crippen molar-refractivity contribution >= 4 is 17.7 Å². The van der Waals surface area contributed by atoms with E-state index in [0.717, 1.165) is 12.2 Å². The largest absolute Gasteiger partial charge is 0.349 e. The molecule has 0 saturated carbocycles. The number of fused-ring (bicyclic) bond motifs is 1. The molecule has 0 aliphatic carbocycles. The summed E-state index contributed by atoms with van der Waals surface area (Å²) >= 11 is 1.88. The van der Waals surface area contributed by atoms with Gasteiger partial charge in [-0.3, -0.25) is 4.79 Å². The van der Waals surface area contributed by atoms with E-state index in [1.807, 2.05) is 17.8 Å². The minimum Gasteiger partial charge on any atom is -0.349 e. The van der Waals surface area contributed by atoms with E-state index >= 15 is 0 Å². The molecule has 1 aromatic carbocycles. The monoisotopic (exact) mass is 249 g/mol. The number of thioether (sulfide) groups is 1. The number of carbonyl (C=O) groups excluding carboxylic acids is 1. The molecule has 92 valence electrons. The number of hydrogen-bond acceptors (Lipinski definition) is 2. The molecule has 1 atom stereocenters.